The summed E-state index contributed by atoms with van der Waals surface area (Å²) in [6.07, 6.45) is 0.897. The highest BCUT2D eigenvalue weighted by Crippen LogP contribution is 2.04. The zero-order valence-corrected chi connectivity index (χ0v) is 11.5. The fourth-order valence-corrected chi connectivity index (χ4v) is 1.43. The van der Waals surface area contributed by atoms with Crippen molar-refractivity contribution < 1.29 is 9.59 Å². The Hall–Kier alpha value is -1.39. The third kappa shape index (κ3) is 5.29. The van der Waals surface area contributed by atoms with E-state index in [0.29, 0.717) is 17.7 Å². The van der Waals surface area contributed by atoms with Crippen LogP contribution in [0.5, 0.6) is 0 Å². The first-order valence-electron chi connectivity index (χ1n) is 5.69. The van der Waals surface area contributed by atoms with Gasteiger partial charge in [-0.05, 0) is 39.1 Å². The van der Waals surface area contributed by atoms with Crippen LogP contribution in [0.3, 0.4) is 0 Å². The lowest BCUT2D eigenvalue weighted by Crippen LogP contribution is -2.26. The second-order valence-corrected chi connectivity index (χ2v) is 3.85. The van der Waals surface area contributed by atoms with Crippen molar-refractivity contribution in [3.63, 3.8) is 0 Å². The molecule has 18 heavy (non-hydrogen) atoms. The Morgan fingerprint density at radius 2 is 1.61 bits per heavy atom. The van der Waals surface area contributed by atoms with E-state index in [2.05, 4.69) is 10.6 Å². The number of ketones is 1. The summed E-state index contributed by atoms with van der Waals surface area (Å²) in [5.74, 6) is -0.0952. The summed E-state index contributed by atoms with van der Waals surface area (Å²) in [5.41, 5.74) is 1.20. The molecule has 0 radical (unpaired) electrons. The van der Waals surface area contributed by atoms with Gasteiger partial charge in [0.25, 0.3) is 5.91 Å². The van der Waals surface area contributed by atoms with E-state index in [-0.39, 0.29) is 24.1 Å². The summed E-state index contributed by atoms with van der Waals surface area (Å²) in [4.78, 5) is 22.7. The van der Waals surface area contributed by atoms with Gasteiger partial charge in [0, 0.05) is 17.7 Å². The van der Waals surface area contributed by atoms with Crippen molar-refractivity contribution in [3.05, 3.63) is 35.4 Å². The number of amides is 1. The molecule has 5 heteroatoms. The van der Waals surface area contributed by atoms with Crippen molar-refractivity contribution in [2.45, 2.75) is 13.3 Å². The Labute approximate surface area is 114 Å². The fraction of sp³-hybridized carbons (Fsp3) is 0.385. The lowest BCUT2D eigenvalue weighted by Gasteiger charge is -2.05. The van der Waals surface area contributed by atoms with Crippen molar-refractivity contribution in [2.24, 2.45) is 0 Å². The largest absolute Gasteiger partial charge is 0.352 e. The number of carbonyl (C=O) groups is 2. The summed E-state index contributed by atoms with van der Waals surface area (Å²) >= 11 is 0. The van der Waals surface area contributed by atoms with Gasteiger partial charge in [-0.3, -0.25) is 9.59 Å². The Balaban J connectivity index is 0.00000289. The van der Waals surface area contributed by atoms with Gasteiger partial charge in [0.15, 0.2) is 5.78 Å². The van der Waals surface area contributed by atoms with E-state index in [1.165, 1.54) is 6.92 Å². The van der Waals surface area contributed by atoms with E-state index in [9.17, 15) is 9.59 Å². The average molecular weight is 271 g/mol. The number of Topliss-reactive ketones (excluding diaryl/α,β-unsaturated/α-hetero) is 1. The molecule has 1 aromatic carbocycles. The Morgan fingerprint density at radius 1 is 1.06 bits per heavy atom. The first-order valence-corrected chi connectivity index (χ1v) is 5.69. The Morgan fingerprint density at radius 3 is 2.11 bits per heavy atom. The number of rotatable bonds is 6. The van der Waals surface area contributed by atoms with Crippen molar-refractivity contribution in [1.29, 1.82) is 0 Å². The molecule has 100 valence electrons. The zero-order valence-electron chi connectivity index (χ0n) is 10.7. The summed E-state index contributed by atoms with van der Waals surface area (Å²) in [5, 5.41) is 5.83. The summed E-state index contributed by atoms with van der Waals surface area (Å²) in [6, 6.07) is 6.68. The fourth-order valence-electron chi connectivity index (χ4n) is 1.43. The molecule has 0 atom stereocenters. The molecule has 0 aliphatic heterocycles. The van der Waals surface area contributed by atoms with Crippen LogP contribution in [0.2, 0.25) is 0 Å². The molecule has 0 bridgehead atoms. The molecular weight excluding hydrogens is 252 g/mol. The van der Waals surface area contributed by atoms with E-state index < -0.39 is 0 Å². The van der Waals surface area contributed by atoms with Gasteiger partial charge in [-0.15, -0.1) is 12.4 Å². The molecule has 0 fully saturated rings. The van der Waals surface area contributed by atoms with E-state index in [1.54, 1.807) is 24.3 Å². The summed E-state index contributed by atoms with van der Waals surface area (Å²) in [7, 11) is 1.88. The van der Waals surface area contributed by atoms with E-state index in [0.717, 1.165) is 13.0 Å². The lowest BCUT2D eigenvalue weighted by molar-refractivity contribution is 0.0951. The summed E-state index contributed by atoms with van der Waals surface area (Å²) in [6.45, 7) is 3.03. The molecule has 0 saturated heterocycles. The van der Waals surface area contributed by atoms with Crippen LogP contribution >= 0.6 is 12.4 Å². The standard InChI is InChI=1S/C13H18N2O2.ClH/c1-10(16)11-4-6-12(7-5-11)13(17)15-9-3-8-14-2;/h4-7,14H,3,8-9H2,1-2H3,(H,15,17);1H. The SMILES string of the molecule is CNCCCNC(=O)c1ccc(C(C)=O)cc1.Cl. The first-order chi connectivity index (χ1) is 8.15. The van der Waals surface area contributed by atoms with E-state index in [4.69, 9.17) is 0 Å². The number of nitrogens with one attached hydrogen (secondary N) is 2. The highest BCUT2D eigenvalue weighted by molar-refractivity contribution is 5.97. The number of benzene rings is 1. The highest BCUT2D eigenvalue weighted by atomic mass is 35.5. The number of hydrogen-bond donors (Lipinski definition) is 2. The van der Waals surface area contributed by atoms with Crippen LogP contribution in [-0.4, -0.2) is 31.8 Å². The Kier molecular flexibility index (Phi) is 8.00. The lowest BCUT2D eigenvalue weighted by atomic mass is 10.1. The zero-order chi connectivity index (χ0) is 12.7. The molecule has 1 rings (SSSR count). The predicted octanol–water partition coefficient (Wildman–Crippen LogP) is 1.65. The Bertz CT molecular complexity index is 390. The van der Waals surface area contributed by atoms with Crippen LogP contribution in [0.4, 0.5) is 0 Å². The van der Waals surface area contributed by atoms with Crippen molar-refractivity contribution >= 4 is 24.1 Å². The molecule has 2 N–H and O–H groups in total. The first kappa shape index (κ1) is 16.6. The summed E-state index contributed by atoms with van der Waals surface area (Å²) < 4.78 is 0. The van der Waals surface area contributed by atoms with Gasteiger partial charge in [-0.25, -0.2) is 0 Å². The topological polar surface area (TPSA) is 58.2 Å². The molecule has 0 aromatic heterocycles. The van der Waals surface area contributed by atoms with Crippen LogP contribution in [0, 0.1) is 0 Å². The van der Waals surface area contributed by atoms with Gasteiger partial charge in [-0.2, -0.15) is 0 Å². The normalized spacial score (nSPS) is 9.44. The monoisotopic (exact) mass is 270 g/mol. The highest BCUT2D eigenvalue weighted by Gasteiger charge is 2.05. The van der Waals surface area contributed by atoms with Crippen LogP contribution in [0.15, 0.2) is 24.3 Å². The van der Waals surface area contributed by atoms with Gasteiger partial charge < -0.3 is 10.6 Å². The van der Waals surface area contributed by atoms with Gasteiger partial charge in [-0.1, -0.05) is 12.1 Å². The molecule has 0 aliphatic rings. The minimum Gasteiger partial charge on any atom is -0.352 e. The van der Waals surface area contributed by atoms with E-state index in [1.807, 2.05) is 7.05 Å². The number of hydrogen-bond acceptors (Lipinski definition) is 3. The maximum absolute atomic E-state index is 11.7. The average Bonchev–Trinajstić information content (AvgIpc) is 2.34. The minimum atomic E-state index is -0.101. The molecule has 1 amide bonds. The second kappa shape index (κ2) is 8.66. The molecule has 0 heterocycles. The molecule has 1 aromatic rings. The molecular formula is C13H19ClN2O2. The number of carbonyl (C=O) groups excluding carboxylic acids is 2. The van der Waals surface area contributed by atoms with Crippen LogP contribution in [-0.2, 0) is 0 Å². The molecule has 4 nitrogen and oxygen atoms in total. The second-order valence-electron chi connectivity index (χ2n) is 3.85. The van der Waals surface area contributed by atoms with Gasteiger partial charge in [0.1, 0.15) is 0 Å². The van der Waals surface area contributed by atoms with Crippen molar-refractivity contribution in [3.8, 4) is 0 Å². The quantitative estimate of drug-likeness (QED) is 0.610. The smallest absolute Gasteiger partial charge is 0.251 e. The van der Waals surface area contributed by atoms with Crippen molar-refractivity contribution in [2.75, 3.05) is 20.1 Å². The van der Waals surface area contributed by atoms with Gasteiger partial charge in [0.2, 0.25) is 0 Å². The minimum absolute atomic E-state index is 0. The molecule has 0 aliphatic carbocycles. The van der Waals surface area contributed by atoms with Gasteiger partial charge in [0.05, 0.1) is 0 Å². The van der Waals surface area contributed by atoms with Crippen LogP contribution < -0.4 is 10.6 Å². The maximum Gasteiger partial charge on any atom is 0.251 e. The van der Waals surface area contributed by atoms with Crippen LogP contribution in [0.25, 0.3) is 0 Å². The van der Waals surface area contributed by atoms with E-state index >= 15 is 0 Å². The molecule has 0 saturated carbocycles. The number of halogens is 1. The van der Waals surface area contributed by atoms with Crippen molar-refractivity contribution in [1.82, 2.24) is 10.6 Å². The van der Waals surface area contributed by atoms with Gasteiger partial charge >= 0.3 is 0 Å². The molecule has 0 spiro atoms. The third-order valence-electron chi connectivity index (χ3n) is 2.44. The maximum atomic E-state index is 11.7. The third-order valence-corrected chi connectivity index (χ3v) is 2.44. The molecule has 0 unspecified atom stereocenters. The van der Waals surface area contributed by atoms with Crippen LogP contribution in [0.1, 0.15) is 34.1 Å². The predicted molar refractivity (Wildman–Crippen MR) is 74.6 cm³/mol.